The zero-order chi connectivity index (χ0) is 15.4. The summed E-state index contributed by atoms with van der Waals surface area (Å²) < 4.78 is 25.3. The van der Waals surface area contributed by atoms with Crippen molar-refractivity contribution in [3.05, 3.63) is 57.8 Å². The molecule has 0 aliphatic rings. The molecule has 21 heavy (non-hydrogen) atoms. The summed E-state index contributed by atoms with van der Waals surface area (Å²) in [6.07, 6.45) is 0. The molecule has 0 amide bonds. The van der Waals surface area contributed by atoms with E-state index >= 15 is 0 Å². The average Bonchev–Trinajstić information content (AvgIpc) is 2.50. The minimum Gasteiger partial charge on any atom is -0.497 e. The van der Waals surface area contributed by atoms with E-state index in [2.05, 4.69) is 21.4 Å². The van der Waals surface area contributed by atoms with Gasteiger partial charge in [0.15, 0.2) is 0 Å². The van der Waals surface area contributed by atoms with Crippen LogP contribution in [-0.2, 0) is 0 Å². The highest BCUT2D eigenvalue weighted by Crippen LogP contribution is 2.34. The Morgan fingerprint density at radius 2 is 1.76 bits per heavy atom. The lowest BCUT2D eigenvalue weighted by Gasteiger charge is -2.20. The van der Waals surface area contributed by atoms with Crippen LogP contribution >= 0.6 is 15.9 Å². The van der Waals surface area contributed by atoms with Crippen LogP contribution in [0.3, 0.4) is 0 Å². The molecule has 0 aliphatic heterocycles. The van der Waals surface area contributed by atoms with E-state index in [0.717, 1.165) is 5.56 Å². The highest BCUT2D eigenvalue weighted by Gasteiger charge is 2.21. The summed E-state index contributed by atoms with van der Waals surface area (Å²) in [5.41, 5.74) is 3.80. The molecular weight excluding hydrogens is 339 g/mol. The number of nitrogens with one attached hydrogen (secondary N) is 1. The molecule has 1 unspecified atom stereocenters. The minimum atomic E-state index is -0.537. The summed E-state index contributed by atoms with van der Waals surface area (Å²) in [5, 5.41) is 0. The van der Waals surface area contributed by atoms with Gasteiger partial charge in [0.05, 0.1) is 20.3 Å². The number of nitrogens with two attached hydrogens (primary N) is 1. The van der Waals surface area contributed by atoms with Gasteiger partial charge in [-0.05, 0) is 29.8 Å². The Balaban J connectivity index is 2.56. The van der Waals surface area contributed by atoms with Crippen LogP contribution in [0.25, 0.3) is 0 Å². The number of hydrogen-bond acceptors (Lipinski definition) is 4. The predicted octanol–water partition coefficient (Wildman–Crippen LogP) is 3.16. The van der Waals surface area contributed by atoms with Crippen LogP contribution in [0.1, 0.15) is 17.2 Å². The first-order valence-corrected chi connectivity index (χ1v) is 7.03. The Bertz CT molecular complexity index is 595. The Morgan fingerprint density at radius 3 is 2.24 bits per heavy atom. The first-order chi connectivity index (χ1) is 10.1. The van der Waals surface area contributed by atoms with Crippen molar-refractivity contribution in [1.82, 2.24) is 5.43 Å². The summed E-state index contributed by atoms with van der Waals surface area (Å²) >= 11 is 3.36. The third kappa shape index (κ3) is 3.34. The predicted molar refractivity (Wildman–Crippen MR) is 82.8 cm³/mol. The van der Waals surface area contributed by atoms with Crippen LogP contribution in [0.4, 0.5) is 4.39 Å². The number of hydrogen-bond donors (Lipinski definition) is 2. The molecule has 6 heteroatoms. The molecule has 2 rings (SSSR count). The van der Waals surface area contributed by atoms with Crippen LogP contribution in [0.5, 0.6) is 11.5 Å². The maximum atomic E-state index is 14.2. The molecule has 0 fully saturated rings. The standard InChI is InChI=1S/C15H16BrFN2O2/c1-20-10-6-9(7-11(8-10)21-2)15(19-18)14-12(16)4-3-5-13(14)17/h3-8,15,19H,18H2,1-2H3. The van der Waals surface area contributed by atoms with Gasteiger partial charge in [0.1, 0.15) is 17.3 Å². The molecule has 0 spiro atoms. The van der Waals surface area contributed by atoms with Crippen molar-refractivity contribution in [2.45, 2.75) is 6.04 Å². The molecular formula is C15H16BrFN2O2. The van der Waals surface area contributed by atoms with Gasteiger partial charge in [0, 0.05) is 16.1 Å². The van der Waals surface area contributed by atoms with Crippen molar-refractivity contribution in [2.75, 3.05) is 14.2 Å². The zero-order valence-corrected chi connectivity index (χ0v) is 13.3. The molecule has 112 valence electrons. The Labute approximate surface area is 131 Å². The quantitative estimate of drug-likeness (QED) is 0.639. The second-order valence-corrected chi connectivity index (χ2v) is 5.24. The fraction of sp³-hybridized carbons (Fsp3) is 0.200. The van der Waals surface area contributed by atoms with E-state index in [-0.39, 0.29) is 5.82 Å². The number of rotatable bonds is 5. The number of hydrazine groups is 1. The van der Waals surface area contributed by atoms with Gasteiger partial charge < -0.3 is 9.47 Å². The minimum absolute atomic E-state index is 0.353. The molecule has 0 saturated heterocycles. The summed E-state index contributed by atoms with van der Waals surface area (Å²) in [5.74, 6) is 6.50. The molecule has 4 nitrogen and oxygen atoms in total. The van der Waals surface area contributed by atoms with Crippen LogP contribution in [0.2, 0.25) is 0 Å². The Morgan fingerprint density at radius 1 is 1.14 bits per heavy atom. The summed E-state index contributed by atoms with van der Waals surface area (Å²) in [4.78, 5) is 0. The monoisotopic (exact) mass is 354 g/mol. The summed E-state index contributed by atoms with van der Waals surface area (Å²) in [7, 11) is 3.12. The van der Waals surface area contributed by atoms with E-state index < -0.39 is 6.04 Å². The fourth-order valence-electron chi connectivity index (χ4n) is 2.13. The van der Waals surface area contributed by atoms with Crippen LogP contribution < -0.4 is 20.7 Å². The molecule has 0 radical (unpaired) electrons. The van der Waals surface area contributed by atoms with Crippen molar-refractivity contribution in [3.8, 4) is 11.5 Å². The van der Waals surface area contributed by atoms with Gasteiger partial charge in [-0.1, -0.05) is 22.0 Å². The Kier molecular flexibility index (Phi) is 5.17. The zero-order valence-electron chi connectivity index (χ0n) is 11.7. The molecule has 0 saturated carbocycles. The fourth-order valence-corrected chi connectivity index (χ4v) is 2.70. The van der Waals surface area contributed by atoms with E-state index in [4.69, 9.17) is 15.3 Å². The molecule has 2 aromatic rings. The van der Waals surface area contributed by atoms with Gasteiger partial charge in [0.2, 0.25) is 0 Å². The Hall–Kier alpha value is -1.63. The molecule has 0 aliphatic carbocycles. The van der Waals surface area contributed by atoms with E-state index in [0.29, 0.717) is 21.5 Å². The number of benzene rings is 2. The maximum Gasteiger partial charge on any atom is 0.129 e. The van der Waals surface area contributed by atoms with Gasteiger partial charge in [-0.2, -0.15) is 0 Å². The van der Waals surface area contributed by atoms with E-state index in [9.17, 15) is 4.39 Å². The van der Waals surface area contributed by atoms with Gasteiger partial charge in [-0.15, -0.1) is 0 Å². The highest BCUT2D eigenvalue weighted by atomic mass is 79.9. The van der Waals surface area contributed by atoms with E-state index in [1.807, 2.05) is 0 Å². The SMILES string of the molecule is COc1cc(OC)cc(C(NN)c2c(F)cccc2Br)c1. The first-order valence-electron chi connectivity index (χ1n) is 6.23. The normalized spacial score (nSPS) is 12.0. The lowest BCUT2D eigenvalue weighted by atomic mass is 9.98. The lowest BCUT2D eigenvalue weighted by Crippen LogP contribution is -2.30. The molecule has 2 aromatic carbocycles. The van der Waals surface area contributed by atoms with Crippen molar-refractivity contribution < 1.29 is 13.9 Å². The smallest absolute Gasteiger partial charge is 0.129 e. The third-order valence-corrected chi connectivity index (χ3v) is 3.85. The van der Waals surface area contributed by atoms with Gasteiger partial charge in [0.25, 0.3) is 0 Å². The summed E-state index contributed by atoms with van der Waals surface area (Å²) in [6, 6.07) is 9.56. The topological polar surface area (TPSA) is 56.5 Å². The largest absolute Gasteiger partial charge is 0.497 e. The van der Waals surface area contributed by atoms with Crippen LogP contribution in [-0.4, -0.2) is 14.2 Å². The second-order valence-electron chi connectivity index (χ2n) is 4.38. The highest BCUT2D eigenvalue weighted by molar-refractivity contribution is 9.10. The van der Waals surface area contributed by atoms with Crippen molar-refractivity contribution >= 4 is 15.9 Å². The van der Waals surface area contributed by atoms with Gasteiger partial charge in [-0.25, -0.2) is 9.82 Å². The van der Waals surface area contributed by atoms with Crippen LogP contribution in [0.15, 0.2) is 40.9 Å². The second kappa shape index (κ2) is 6.89. The third-order valence-electron chi connectivity index (χ3n) is 3.16. The van der Waals surface area contributed by atoms with Crippen molar-refractivity contribution in [2.24, 2.45) is 5.84 Å². The van der Waals surface area contributed by atoms with Crippen molar-refractivity contribution in [3.63, 3.8) is 0 Å². The summed E-state index contributed by atoms with van der Waals surface area (Å²) in [6.45, 7) is 0. The number of methoxy groups -OCH3 is 2. The average molecular weight is 355 g/mol. The number of ether oxygens (including phenoxy) is 2. The van der Waals surface area contributed by atoms with E-state index in [1.54, 1.807) is 44.6 Å². The lowest BCUT2D eigenvalue weighted by molar-refractivity contribution is 0.392. The molecule has 1 atom stereocenters. The van der Waals surface area contributed by atoms with E-state index in [1.165, 1.54) is 6.07 Å². The molecule has 0 heterocycles. The van der Waals surface area contributed by atoms with Crippen molar-refractivity contribution in [1.29, 1.82) is 0 Å². The maximum absolute atomic E-state index is 14.2. The number of halogens is 2. The first kappa shape index (κ1) is 15.8. The molecule has 3 N–H and O–H groups in total. The van der Waals surface area contributed by atoms with Gasteiger partial charge in [-0.3, -0.25) is 5.84 Å². The molecule has 0 aromatic heterocycles. The molecule has 0 bridgehead atoms. The van der Waals surface area contributed by atoms with Crippen LogP contribution in [0, 0.1) is 5.82 Å². The van der Waals surface area contributed by atoms with Gasteiger partial charge >= 0.3 is 0 Å².